The van der Waals surface area contributed by atoms with E-state index in [2.05, 4.69) is 48.1 Å². The summed E-state index contributed by atoms with van der Waals surface area (Å²) in [6.45, 7) is 23.0. The number of aromatic nitrogens is 3. The van der Waals surface area contributed by atoms with Crippen molar-refractivity contribution in [3.05, 3.63) is 106 Å². The molecule has 73 heavy (non-hydrogen) atoms. The summed E-state index contributed by atoms with van der Waals surface area (Å²) in [5, 5.41) is 26.5. The maximum Gasteiger partial charge on any atom is 0.246 e. The zero-order valence-corrected chi connectivity index (χ0v) is 46.1. The van der Waals surface area contributed by atoms with E-state index in [0.717, 1.165) is 71.6 Å². The molecule has 2 amide bonds. The number of anilines is 4. The van der Waals surface area contributed by atoms with Crippen molar-refractivity contribution >= 4 is 67.7 Å². The van der Waals surface area contributed by atoms with E-state index < -0.39 is 44.7 Å². The van der Waals surface area contributed by atoms with E-state index >= 15 is 0 Å². The number of ether oxygens (including phenoxy) is 2. The van der Waals surface area contributed by atoms with Gasteiger partial charge in [0.2, 0.25) is 17.8 Å². The highest BCUT2D eigenvalue weighted by Crippen LogP contribution is 2.37. The van der Waals surface area contributed by atoms with Crippen LogP contribution in [0, 0.1) is 19.3 Å². The number of sulfone groups is 1. The van der Waals surface area contributed by atoms with Crippen molar-refractivity contribution in [3.8, 4) is 21.9 Å². The summed E-state index contributed by atoms with van der Waals surface area (Å²) >= 11 is 8.04. The number of carbonyl (C=O) groups is 2. The van der Waals surface area contributed by atoms with Crippen LogP contribution in [0.1, 0.15) is 103 Å². The number of unbranched alkanes of at least 4 members (excludes halogenated alkanes) is 2. The van der Waals surface area contributed by atoms with Crippen LogP contribution >= 0.6 is 22.9 Å². The maximum absolute atomic E-state index is 14.0. The molecule has 1 fully saturated rings. The van der Waals surface area contributed by atoms with Crippen LogP contribution in [-0.2, 0) is 25.8 Å². The van der Waals surface area contributed by atoms with E-state index in [0.29, 0.717) is 35.2 Å². The quantitative estimate of drug-likeness (QED) is 0.0318. The van der Waals surface area contributed by atoms with Gasteiger partial charge in [0.05, 0.1) is 69.7 Å². The number of aryl methyl sites for hydroxylation is 2. The minimum atomic E-state index is -3.58. The monoisotopic (exact) mass is 1060 g/mol. The van der Waals surface area contributed by atoms with Gasteiger partial charge in [-0.15, -0.1) is 11.3 Å². The van der Waals surface area contributed by atoms with Crippen molar-refractivity contribution in [1.29, 1.82) is 0 Å². The number of thiazole rings is 1. The van der Waals surface area contributed by atoms with E-state index in [1.165, 1.54) is 11.1 Å². The minimum absolute atomic E-state index is 0.0732. The second kappa shape index (κ2) is 25.0. The fourth-order valence-corrected chi connectivity index (χ4v) is 10.8. The van der Waals surface area contributed by atoms with E-state index in [9.17, 15) is 23.1 Å². The Balaban J connectivity index is 1.01. The molecule has 3 heterocycles. The number of β-amino-alcohol motifs (C(OH)–C–C–N with tert-alkyl or cyclic N) is 1. The first-order valence-corrected chi connectivity index (χ1v) is 27.5. The van der Waals surface area contributed by atoms with Crippen molar-refractivity contribution in [3.63, 3.8) is 0 Å². The number of nitrogens with one attached hydrogen (secondary N) is 5. The number of amides is 2. The van der Waals surface area contributed by atoms with Crippen LogP contribution in [0.2, 0.25) is 5.02 Å². The highest BCUT2D eigenvalue weighted by molar-refractivity contribution is 7.92. The number of carbonyl (C=O) groups excluding carboxylic acids is 2. The van der Waals surface area contributed by atoms with Gasteiger partial charge >= 0.3 is 0 Å². The Morgan fingerprint density at radius 2 is 1.73 bits per heavy atom. The Kier molecular flexibility index (Phi) is 19.3. The van der Waals surface area contributed by atoms with Crippen LogP contribution in [0.25, 0.3) is 10.4 Å². The summed E-state index contributed by atoms with van der Waals surface area (Å²) < 4.78 is 38.4. The number of hydrogen-bond acceptors (Lipinski definition) is 15. The lowest BCUT2D eigenvalue weighted by Crippen LogP contribution is -2.56. The number of benzene rings is 3. The van der Waals surface area contributed by atoms with E-state index in [1.54, 1.807) is 63.5 Å². The molecule has 0 radical (unpaired) electrons. The summed E-state index contributed by atoms with van der Waals surface area (Å²) in [7, 11) is -1.97. The number of aliphatic hydroxyl groups is 1. The van der Waals surface area contributed by atoms with Crippen LogP contribution in [0.3, 0.4) is 0 Å². The molecule has 5 aromatic rings. The molecule has 0 aliphatic carbocycles. The number of likely N-dealkylation sites (tertiary alicyclic amines) is 1. The average molecular weight is 1060 g/mol. The number of methoxy groups -OCH3 is 1. The SMILES string of the molecule is C=C(C)N[C@H](C(=O)N1C[C@H](O)C[C@H]1C(=O)N[C@@H](C)c1ccc(-c2scnc2C)cc1OCCCCCNCCc1cc(OC)c(Nc2ncc(Cl)c(Nc3ccccc3S(=O)(=O)C(C)C)n2)cc1C)C(C)(C)C. The van der Waals surface area contributed by atoms with Crippen LogP contribution in [0.4, 0.5) is 23.1 Å². The Morgan fingerprint density at radius 1 is 0.973 bits per heavy atom. The summed E-state index contributed by atoms with van der Waals surface area (Å²) in [6, 6.07) is 14.7. The molecule has 3 aromatic carbocycles. The van der Waals surface area contributed by atoms with Crippen molar-refractivity contribution in [2.45, 2.75) is 129 Å². The molecule has 0 saturated carbocycles. The summed E-state index contributed by atoms with van der Waals surface area (Å²) in [4.78, 5) is 44.0. The number of aliphatic hydroxyl groups excluding tert-OH is 1. The smallest absolute Gasteiger partial charge is 0.246 e. The predicted molar refractivity (Wildman–Crippen MR) is 292 cm³/mol. The van der Waals surface area contributed by atoms with Crippen molar-refractivity contribution < 1.29 is 32.6 Å². The Bertz CT molecular complexity index is 2850. The minimum Gasteiger partial charge on any atom is -0.495 e. The fraction of sp³-hybridized carbons (Fsp3) is 0.463. The number of halogens is 1. The average Bonchev–Trinajstić information content (AvgIpc) is 3.96. The number of nitrogens with zero attached hydrogens (tertiary/aromatic N) is 4. The number of rotatable bonds is 24. The van der Waals surface area contributed by atoms with Gasteiger partial charge in [-0.3, -0.25) is 9.59 Å². The molecule has 6 N–H and O–H groups in total. The van der Waals surface area contributed by atoms with Crippen LogP contribution in [0.15, 0.2) is 83.5 Å². The fourth-order valence-electron chi connectivity index (χ4n) is 8.65. The van der Waals surface area contributed by atoms with Gasteiger partial charge in [-0.1, -0.05) is 63.2 Å². The first kappa shape index (κ1) is 56.5. The van der Waals surface area contributed by atoms with Gasteiger partial charge in [-0.2, -0.15) is 4.98 Å². The number of para-hydroxylation sites is 1. The highest BCUT2D eigenvalue weighted by atomic mass is 35.5. The van der Waals surface area contributed by atoms with Crippen LogP contribution < -0.4 is 36.1 Å². The first-order valence-electron chi connectivity index (χ1n) is 24.7. The molecule has 1 aliphatic heterocycles. The topological polar surface area (TPSA) is 209 Å². The van der Waals surface area contributed by atoms with Gasteiger partial charge in [0.1, 0.15) is 28.6 Å². The van der Waals surface area contributed by atoms with E-state index in [-0.39, 0.29) is 46.5 Å². The third-order valence-corrected chi connectivity index (χ3v) is 16.2. The third kappa shape index (κ3) is 14.5. The van der Waals surface area contributed by atoms with Gasteiger partial charge in [-0.05, 0) is 133 Å². The van der Waals surface area contributed by atoms with Crippen molar-refractivity contribution in [2.24, 2.45) is 5.41 Å². The Hall–Kier alpha value is -5.79. The van der Waals surface area contributed by atoms with Gasteiger partial charge < -0.3 is 46.1 Å². The number of allylic oxidation sites excluding steroid dienone is 1. The molecule has 16 nitrogen and oxygen atoms in total. The second-order valence-corrected chi connectivity index (χ2v) is 23.7. The molecular weight excluding hydrogens is 986 g/mol. The molecule has 4 atom stereocenters. The van der Waals surface area contributed by atoms with Gasteiger partial charge in [0.25, 0.3) is 0 Å². The van der Waals surface area contributed by atoms with E-state index in [1.807, 2.05) is 77.4 Å². The molecule has 0 unspecified atom stereocenters. The van der Waals surface area contributed by atoms with Crippen molar-refractivity contribution in [2.75, 3.05) is 44.0 Å². The normalized spacial score (nSPS) is 15.7. The summed E-state index contributed by atoms with van der Waals surface area (Å²) in [5.74, 6) is 1.20. The molecule has 394 valence electrons. The Labute approximate surface area is 440 Å². The lowest BCUT2D eigenvalue weighted by Gasteiger charge is -2.36. The molecule has 1 aliphatic rings. The molecule has 2 aromatic heterocycles. The van der Waals surface area contributed by atoms with Crippen molar-refractivity contribution in [1.82, 2.24) is 35.8 Å². The lowest BCUT2D eigenvalue weighted by molar-refractivity contribution is -0.142. The predicted octanol–water partition coefficient (Wildman–Crippen LogP) is 9.61. The maximum atomic E-state index is 14.0. The van der Waals surface area contributed by atoms with Gasteiger partial charge in [0, 0.05) is 24.2 Å². The molecule has 6 rings (SSSR count). The zero-order chi connectivity index (χ0) is 53.2. The molecular formula is C54H72ClN9O7S2. The molecule has 0 spiro atoms. The van der Waals surface area contributed by atoms with Crippen LogP contribution in [-0.4, -0.2) is 102 Å². The standard InChI is InChI=1S/C54H72ClN9O7S2/c1-32(2)59-49(54(8,9)10)52(67)64-30-39(65)28-44(64)51(66)60-35(6)40-20-19-38(48-36(7)58-31-72-48)27-45(40)71-24-16-12-15-22-56-23-21-37-26-46(70-11)43(25-34(37)5)62-53-57-29-41(55)50(63-53)61-42-17-13-14-18-47(42)73(68,69)33(3)4/h13-14,17-20,25-27,29,31,33,35,39,44,49,56,59,65H,1,12,15-16,21-24,28,30H2,2-11H3,(H,60,66)(H2,57,61,62,63)/t35-,39+,44-,49+/m0/s1. The summed E-state index contributed by atoms with van der Waals surface area (Å²) in [6.07, 6.45) is 4.27. The Morgan fingerprint density at radius 3 is 2.41 bits per heavy atom. The molecule has 1 saturated heterocycles. The summed E-state index contributed by atoms with van der Waals surface area (Å²) in [5.41, 5.74) is 7.93. The third-order valence-electron chi connectivity index (χ3n) is 12.8. The zero-order valence-electron chi connectivity index (χ0n) is 43.7. The lowest BCUT2D eigenvalue weighted by atomic mass is 9.85. The van der Waals surface area contributed by atoms with Gasteiger partial charge in [-0.25, -0.2) is 18.4 Å². The molecule has 19 heteroatoms. The second-order valence-electron chi connectivity index (χ2n) is 20.0. The van der Waals surface area contributed by atoms with E-state index in [4.69, 9.17) is 21.1 Å². The highest BCUT2D eigenvalue weighted by Gasteiger charge is 2.44. The molecule has 0 bridgehead atoms. The number of hydrogen-bond donors (Lipinski definition) is 6. The largest absolute Gasteiger partial charge is 0.495 e. The first-order chi connectivity index (χ1) is 34.6. The van der Waals surface area contributed by atoms with Crippen LogP contribution in [0.5, 0.6) is 11.5 Å². The van der Waals surface area contributed by atoms with Gasteiger partial charge in [0.15, 0.2) is 15.7 Å².